The minimum absolute atomic E-state index is 0.0157. The predicted octanol–water partition coefficient (Wildman–Crippen LogP) is 3.81. The minimum atomic E-state index is -5.31. The van der Waals surface area contributed by atoms with Gasteiger partial charge in [0.05, 0.1) is 17.1 Å². The maximum atomic E-state index is 14.5. The maximum absolute atomic E-state index is 14.5. The first kappa shape index (κ1) is 26.5. The van der Waals surface area contributed by atoms with Crippen molar-refractivity contribution in [2.75, 3.05) is 13.2 Å². The van der Waals surface area contributed by atoms with Gasteiger partial charge in [-0.15, -0.1) is 11.3 Å². The molecule has 0 spiro atoms. The van der Waals surface area contributed by atoms with Gasteiger partial charge >= 0.3 is 6.18 Å². The second-order valence-corrected chi connectivity index (χ2v) is 10.3. The largest absolute Gasteiger partial charge is 0.489 e. The minimum Gasteiger partial charge on any atom is -0.489 e. The fourth-order valence-electron chi connectivity index (χ4n) is 4.22. The Kier molecular flexibility index (Phi) is 6.30. The van der Waals surface area contributed by atoms with E-state index in [0.29, 0.717) is 10.2 Å². The van der Waals surface area contributed by atoms with Crippen LogP contribution >= 0.6 is 11.3 Å². The molecule has 2 amide bonds. The number of aliphatic hydroxyl groups is 1. The lowest BCUT2D eigenvalue weighted by atomic mass is 9.81. The summed E-state index contributed by atoms with van der Waals surface area (Å²) in [6, 6.07) is 10.4. The number of nitrogens with zero attached hydrogens (tertiary/aromatic N) is 2. The van der Waals surface area contributed by atoms with Crippen LogP contribution in [0.3, 0.4) is 0 Å². The van der Waals surface area contributed by atoms with Crippen LogP contribution in [0.2, 0.25) is 0 Å². The normalized spacial score (nSPS) is 18.3. The number of carbonyl (C=O) groups is 2. The van der Waals surface area contributed by atoms with Crippen molar-refractivity contribution in [3.05, 3.63) is 76.7 Å². The number of nitrogens with one attached hydrogen (secondary N) is 1. The monoisotopic (exact) mass is 560 g/mol. The zero-order chi connectivity index (χ0) is 28.2. The quantitative estimate of drug-likeness (QED) is 0.308. The van der Waals surface area contributed by atoms with Crippen molar-refractivity contribution in [3.8, 4) is 17.0 Å². The van der Waals surface area contributed by atoms with Gasteiger partial charge in [-0.05, 0) is 49.4 Å². The molecule has 8 nitrogen and oxygen atoms in total. The van der Waals surface area contributed by atoms with E-state index in [0.717, 1.165) is 29.5 Å². The number of fused-ring (bicyclic) bond motifs is 2. The van der Waals surface area contributed by atoms with Crippen LogP contribution in [0, 0.1) is 5.82 Å². The number of hydrogen-bond donors (Lipinski definition) is 3. The summed E-state index contributed by atoms with van der Waals surface area (Å²) in [5, 5.41) is 13.9. The van der Waals surface area contributed by atoms with Gasteiger partial charge in [-0.1, -0.05) is 6.07 Å². The summed E-state index contributed by atoms with van der Waals surface area (Å²) in [6.45, 7) is -0.179. The summed E-state index contributed by atoms with van der Waals surface area (Å²) in [7, 11) is 0. The van der Waals surface area contributed by atoms with Gasteiger partial charge in [-0.25, -0.2) is 14.4 Å². The van der Waals surface area contributed by atoms with Gasteiger partial charge in [0.15, 0.2) is 0 Å². The Labute approximate surface area is 222 Å². The van der Waals surface area contributed by atoms with Crippen molar-refractivity contribution >= 4 is 33.4 Å². The number of aromatic nitrogens is 2. The first-order valence-electron chi connectivity index (χ1n) is 11.5. The van der Waals surface area contributed by atoms with Crippen molar-refractivity contribution < 1.29 is 37.0 Å². The van der Waals surface area contributed by atoms with E-state index in [9.17, 15) is 32.3 Å². The Morgan fingerprint density at radius 3 is 2.56 bits per heavy atom. The van der Waals surface area contributed by atoms with Crippen LogP contribution in [-0.4, -0.2) is 46.2 Å². The number of primary amides is 1. The van der Waals surface area contributed by atoms with Crippen LogP contribution in [0.15, 0.2) is 54.7 Å². The molecule has 13 heteroatoms. The van der Waals surface area contributed by atoms with Gasteiger partial charge in [0, 0.05) is 22.7 Å². The van der Waals surface area contributed by atoms with Crippen LogP contribution < -0.4 is 15.8 Å². The number of rotatable bonds is 6. The number of nitrogens with two attached hydrogens (primary N) is 1. The summed E-state index contributed by atoms with van der Waals surface area (Å²) < 4.78 is 62.6. The lowest BCUT2D eigenvalue weighted by molar-refractivity contribution is -0.265. The lowest BCUT2D eigenvalue weighted by Crippen LogP contribution is -2.51. The number of pyridine rings is 2. The molecular formula is C26H20F4N4O4S. The average Bonchev–Trinajstić information content (AvgIpc) is 3.49. The summed E-state index contributed by atoms with van der Waals surface area (Å²) in [4.78, 5) is 33.9. The molecule has 3 aromatic heterocycles. The molecule has 0 saturated carbocycles. The van der Waals surface area contributed by atoms with Gasteiger partial charge < -0.3 is 20.9 Å². The standard InChI is InChI=1S/C26H20F4N4O4S/c1-24(23(31)36)12-38-20-16(24)10-18(34-19(20)13-4-6-15(27)7-5-13)25(37,26(28,29)30)11-33-21(35)17-9-14-3-2-8-32-22(14)39-17/h2-10,37H,11-12H2,1H3,(H2,31,36)(H,33,35)/t24-,25-/m0/s1. The number of carbonyl (C=O) groups excluding carboxylic acids is 2. The number of benzene rings is 1. The predicted molar refractivity (Wildman–Crippen MR) is 134 cm³/mol. The van der Waals surface area contributed by atoms with Crippen molar-refractivity contribution in [2.45, 2.75) is 24.1 Å². The lowest BCUT2D eigenvalue weighted by Gasteiger charge is -2.31. The zero-order valence-corrected chi connectivity index (χ0v) is 21.0. The van der Waals surface area contributed by atoms with E-state index in [1.807, 2.05) is 0 Å². The molecular weight excluding hydrogens is 540 g/mol. The van der Waals surface area contributed by atoms with Gasteiger partial charge in [-0.2, -0.15) is 13.2 Å². The molecule has 0 aliphatic carbocycles. The Morgan fingerprint density at radius 1 is 1.21 bits per heavy atom. The highest BCUT2D eigenvalue weighted by Gasteiger charge is 2.57. The second kappa shape index (κ2) is 9.27. The molecule has 39 heavy (non-hydrogen) atoms. The van der Waals surface area contributed by atoms with E-state index in [1.54, 1.807) is 12.1 Å². The van der Waals surface area contributed by atoms with E-state index in [2.05, 4.69) is 15.3 Å². The molecule has 1 aromatic carbocycles. The number of halogens is 4. The number of alkyl halides is 3. The van der Waals surface area contributed by atoms with E-state index >= 15 is 0 Å². The Bertz CT molecular complexity index is 1580. The van der Waals surface area contributed by atoms with Crippen molar-refractivity contribution in [1.29, 1.82) is 0 Å². The SMILES string of the molecule is C[C@]1(C(N)=O)COc2c1cc([C@@](O)(CNC(=O)c1cc3cccnc3s1)C(F)(F)F)nc2-c1ccc(F)cc1. The summed E-state index contributed by atoms with van der Waals surface area (Å²) in [6.07, 6.45) is -3.80. The number of ether oxygens (including phenoxy) is 1. The molecule has 0 saturated heterocycles. The fraction of sp³-hybridized carbons (Fsp3) is 0.231. The highest BCUT2D eigenvalue weighted by Crippen LogP contribution is 2.47. The molecule has 0 radical (unpaired) electrons. The van der Waals surface area contributed by atoms with E-state index in [4.69, 9.17) is 10.5 Å². The van der Waals surface area contributed by atoms with Crippen molar-refractivity contribution in [1.82, 2.24) is 15.3 Å². The summed E-state index contributed by atoms with van der Waals surface area (Å²) in [5.41, 5.74) is -0.560. The zero-order valence-electron chi connectivity index (χ0n) is 20.2. The van der Waals surface area contributed by atoms with Gasteiger partial charge in [0.1, 0.15) is 34.1 Å². The topological polar surface area (TPSA) is 127 Å². The molecule has 1 aliphatic heterocycles. The number of thiophene rings is 1. The first-order chi connectivity index (χ1) is 18.3. The first-order valence-corrected chi connectivity index (χ1v) is 12.3. The summed E-state index contributed by atoms with van der Waals surface area (Å²) in [5.74, 6) is -2.34. The molecule has 0 fully saturated rings. The molecule has 2 atom stereocenters. The van der Waals surface area contributed by atoms with Crippen LogP contribution in [0.5, 0.6) is 5.75 Å². The third kappa shape index (κ3) is 4.46. The highest BCUT2D eigenvalue weighted by molar-refractivity contribution is 7.20. The molecule has 0 unspecified atom stereocenters. The molecule has 202 valence electrons. The fourth-order valence-corrected chi connectivity index (χ4v) is 5.14. The molecule has 4 heterocycles. The molecule has 1 aliphatic rings. The third-order valence-corrected chi connectivity index (χ3v) is 7.71. The molecule has 4 N–H and O–H groups in total. The van der Waals surface area contributed by atoms with Crippen LogP contribution in [0.25, 0.3) is 21.5 Å². The van der Waals surface area contributed by atoms with Gasteiger partial charge in [0.2, 0.25) is 11.5 Å². The van der Waals surface area contributed by atoms with Crippen molar-refractivity contribution in [2.24, 2.45) is 5.73 Å². The average molecular weight is 561 g/mol. The Balaban J connectivity index is 1.59. The molecule has 5 rings (SSSR count). The Hall–Kier alpha value is -4.10. The smallest absolute Gasteiger partial charge is 0.424 e. The Morgan fingerprint density at radius 2 is 1.92 bits per heavy atom. The summed E-state index contributed by atoms with van der Waals surface area (Å²) >= 11 is 0.979. The van der Waals surface area contributed by atoms with E-state index in [1.165, 1.54) is 31.3 Å². The van der Waals surface area contributed by atoms with E-state index in [-0.39, 0.29) is 34.1 Å². The second-order valence-electron chi connectivity index (χ2n) is 9.27. The van der Waals surface area contributed by atoms with Crippen LogP contribution in [-0.2, 0) is 15.8 Å². The van der Waals surface area contributed by atoms with Gasteiger partial charge in [-0.3, -0.25) is 9.59 Å². The van der Waals surface area contributed by atoms with E-state index < -0.39 is 47.1 Å². The van der Waals surface area contributed by atoms with Crippen LogP contribution in [0.1, 0.15) is 27.9 Å². The highest BCUT2D eigenvalue weighted by atomic mass is 32.1. The number of amides is 2. The third-order valence-electron chi connectivity index (χ3n) is 6.65. The van der Waals surface area contributed by atoms with Crippen molar-refractivity contribution in [3.63, 3.8) is 0 Å². The van der Waals surface area contributed by atoms with Gasteiger partial charge in [0.25, 0.3) is 5.91 Å². The molecule has 4 aromatic rings. The van der Waals surface area contributed by atoms with Crippen LogP contribution in [0.4, 0.5) is 17.6 Å². The number of hydrogen-bond acceptors (Lipinski definition) is 7. The maximum Gasteiger partial charge on any atom is 0.424 e. The molecule has 0 bridgehead atoms.